The lowest BCUT2D eigenvalue weighted by Gasteiger charge is -2.09. The molecule has 0 unspecified atom stereocenters. The number of nitrogens with zero attached hydrogens (tertiary/aromatic N) is 1. The molecule has 0 bridgehead atoms. The fraction of sp³-hybridized carbons (Fsp3) is 0.444. The molecule has 3 heteroatoms. The Kier molecular flexibility index (Phi) is 1.64. The van der Waals surface area contributed by atoms with Gasteiger partial charge in [0.2, 0.25) is 0 Å². The fourth-order valence-corrected chi connectivity index (χ4v) is 1.49. The molecule has 2 rings (SSSR count). The van der Waals surface area contributed by atoms with Gasteiger partial charge in [0.25, 0.3) is 0 Å². The number of hydrogen-bond donors (Lipinski definition) is 2. The molecule has 66 valence electrons. The predicted molar refractivity (Wildman–Crippen MR) is 52.6 cm³/mol. The van der Waals surface area contributed by atoms with Crippen molar-refractivity contribution in [3.05, 3.63) is 17.8 Å². The van der Waals surface area contributed by atoms with E-state index in [1.165, 1.54) is 11.3 Å². The number of fused-ring (bicyclic) bond motifs is 1. The van der Waals surface area contributed by atoms with E-state index in [0.717, 1.165) is 12.5 Å². The van der Waals surface area contributed by atoms with Crippen LogP contribution in [0.5, 0.6) is 0 Å². The number of rotatable bonds is 1. The van der Waals surface area contributed by atoms with Crippen LogP contribution in [0.4, 0.5) is 11.5 Å². The maximum absolute atomic E-state index is 4.23. The Hall–Kier alpha value is -1.25. The molecular weight excluding hydrogens is 150 g/mol. The smallest absolute Gasteiger partial charge is 0.151 e. The Bertz CT molecular complexity index is 299. The summed E-state index contributed by atoms with van der Waals surface area (Å²) in [5.41, 5.74) is 2.51. The summed E-state index contributed by atoms with van der Waals surface area (Å²) in [6.45, 7) is 5.18. The van der Waals surface area contributed by atoms with Crippen molar-refractivity contribution in [2.75, 3.05) is 17.3 Å². The van der Waals surface area contributed by atoms with Crippen LogP contribution in [0, 0.1) is 0 Å². The third-order valence-electron chi connectivity index (χ3n) is 2.13. The van der Waals surface area contributed by atoms with Crippen LogP contribution >= 0.6 is 0 Å². The summed E-state index contributed by atoms with van der Waals surface area (Å²) in [6, 6.07) is 2.07. The minimum atomic E-state index is 0. The van der Waals surface area contributed by atoms with Crippen LogP contribution < -0.4 is 10.6 Å². The van der Waals surface area contributed by atoms with Crippen molar-refractivity contribution in [1.82, 2.24) is 4.98 Å². The third-order valence-corrected chi connectivity index (χ3v) is 2.13. The lowest BCUT2D eigenvalue weighted by molar-refractivity contribution is 0.867. The molecular formula is C9H15N3. The second-order valence-corrected chi connectivity index (χ2v) is 3.31. The van der Waals surface area contributed by atoms with E-state index >= 15 is 0 Å². The molecule has 2 N–H and O–H groups in total. The molecule has 0 atom stereocenters. The molecule has 0 saturated heterocycles. The predicted octanol–water partition coefficient (Wildman–Crippen LogP) is 2.25. The van der Waals surface area contributed by atoms with Gasteiger partial charge in [-0.3, -0.25) is 0 Å². The van der Waals surface area contributed by atoms with Crippen LogP contribution in [0.25, 0.3) is 0 Å². The summed E-state index contributed by atoms with van der Waals surface area (Å²) in [5, 5.41) is 6.45. The highest BCUT2D eigenvalue weighted by atomic mass is 15.2. The normalized spacial score (nSPS) is 13.9. The monoisotopic (exact) mass is 165 g/mol. The molecule has 12 heavy (non-hydrogen) atoms. The van der Waals surface area contributed by atoms with Gasteiger partial charge in [-0.2, -0.15) is 0 Å². The maximum Gasteiger partial charge on any atom is 0.151 e. The van der Waals surface area contributed by atoms with Crippen LogP contribution in [0.1, 0.15) is 26.8 Å². The third kappa shape index (κ3) is 1.02. The molecule has 0 fully saturated rings. The van der Waals surface area contributed by atoms with Crippen molar-refractivity contribution in [3.8, 4) is 0 Å². The van der Waals surface area contributed by atoms with E-state index in [1.54, 1.807) is 0 Å². The summed E-state index contributed by atoms with van der Waals surface area (Å²) in [6.07, 6.45) is 1.86. The van der Waals surface area contributed by atoms with Gasteiger partial charge in [-0.15, -0.1) is 0 Å². The zero-order valence-corrected chi connectivity index (χ0v) is 7.39. The van der Waals surface area contributed by atoms with Crippen LogP contribution in [0.15, 0.2) is 12.3 Å². The lowest BCUT2D eigenvalue weighted by Crippen LogP contribution is -2.00. The minimum absolute atomic E-state index is 0. The molecule has 1 aromatic rings. The summed E-state index contributed by atoms with van der Waals surface area (Å²) < 4.78 is 0. The molecule has 3 nitrogen and oxygen atoms in total. The van der Waals surface area contributed by atoms with E-state index < -0.39 is 0 Å². The Balaban J connectivity index is 0.000000845. The van der Waals surface area contributed by atoms with Gasteiger partial charge in [0.15, 0.2) is 5.82 Å². The molecule has 1 aliphatic rings. The Morgan fingerprint density at radius 2 is 2.33 bits per heavy atom. The summed E-state index contributed by atoms with van der Waals surface area (Å²) in [4.78, 5) is 4.23. The second kappa shape index (κ2) is 2.66. The van der Waals surface area contributed by atoms with Crippen LogP contribution in [-0.4, -0.2) is 11.7 Å². The molecule has 1 aromatic heterocycles. The van der Waals surface area contributed by atoms with Gasteiger partial charge in [-0.05, 0) is 17.5 Å². The van der Waals surface area contributed by atoms with Crippen molar-refractivity contribution in [3.63, 3.8) is 0 Å². The number of aromatic nitrogens is 1. The van der Waals surface area contributed by atoms with Crippen LogP contribution in [0.3, 0.4) is 0 Å². The molecule has 0 saturated carbocycles. The fourth-order valence-electron chi connectivity index (χ4n) is 1.49. The van der Waals surface area contributed by atoms with Gasteiger partial charge in [0, 0.05) is 7.62 Å². The zero-order chi connectivity index (χ0) is 8.55. The largest absolute Gasteiger partial charge is 0.365 e. The van der Waals surface area contributed by atoms with Gasteiger partial charge in [0.05, 0.1) is 12.4 Å². The minimum Gasteiger partial charge on any atom is -0.365 e. The standard InChI is InChI=1S/C9H13N3.H2/c1-6(2)7-3-4-10-9-8(7)11-5-12-9;/h3-4,6,11H,5H2,1-2H3,(H,10,12);1H. The number of hydrogen-bond acceptors (Lipinski definition) is 3. The van der Waals surface area contributed by atoms with E-state index in [-0.39, 0.29) is 1.43 Å². The highest BCUT2D eigenvalue weighted by Crippen LogP contribution is 2.31. The number of anilines is 2. The van der Waals surface area contributed by atoms with E-state index in [1.807, 2.05) is 6.20 Å². The van der Waals surface area contributed by atoms with Gasteiger partial charge in [-0.1, -0.05) is 13.8 Å². The zero-order valence-electron chi connectivity index (χ0n) is 7.39. The van der Waals surface area contributed by atoms with E-state index in [2.05, 4.69) is 35.5 Å². The molecule has 0 spiro atoms. The number of pyridine rings is 1. The second-order valence-electron chi connectivity index (χ2n) is 3.31. The van der Waals surface area contributed by atoms with Crippen molar-refractivity contribution in [2.24, 2.45) is 0 Å². The molecule has 1 aliphatic heterocycles. The van der Waals surface area contributed by atoms with Gasteiger partial charge >= 0.3 is 0 Å². The van der Waals surface area contributed by atoms with Gasteiger partial charge < -0.3 is 10.6 Å². The SMILES string of the molecule is CC(C)c1ccnc2c1NCN2.[HH]. The van der Waals surface area contributed by atoms with Gasteiger partial charge in [0.1, 0.15) is 0 Å². The Morgan fingerprint density at radius 1 is 1.50 bits per heavy atom. The number of nitrogens with one attached hydrogen (secondary N) is 2. The molecule has 0 radical (unpaired) electrons. The first-order valence-electron chi connectivity index (χ1n) is 4.25. The molecule has 0 aromatic carbocycles. The molecule has 0 amide bonds. The first-order valence-corrected chi connectivity index (χ1v) is 4.25. The topological polar surface area (TPSA) is 37.0 Å². The first-order chi connectivity index (χ1) is 5.79. The van der Waals surface area contributed by atoms with E-state index in [9.17, 15) is 0 Å². The Morgan fingerprint density at radius 3 is 3.08 bits per heavy atom. The van der Waals surface area contributed by atoms with E-state index in [0.29, 0.717) is 5.92 Å². The maximum atomic E-state index is 4.23. The van der Waals surface area contributed by atoms with Gasteiger partial charge in [-0.25, -0.2) is 4.98 Å². The average Bonchev–Trinajstić information content (AvgIpc) is 2.49. The average molecular weight is 165 g/mol. The summed E-state index contributed by atoms with van der Waals surface area (Å²) >= 11 is 0. The molecule has 0 aliphatic carbocycles. The van der Waals surface area contributed by atoms with Crippen molar-refractivity contribution < 1.29 is 1.43 Å². The summed E-state index contributed by atoms with van der Waals surface area (Å²) in [7, 11) is 0. The van der Waals surface area contributed by atoms with Crippen LogP contribution in [-0.2, 0) is 0 Å². The van der Waals surface area contributed by atoms with Crippen molar-refractivity contribution in [1.29, 1.82) is 0 Å². The van der Waals surface area contributed by atoms with Crippen molar-refractivity contribution >= 4 is 11.5 Å². The summed E-state index contributed by atoms with van der Waals surface area (Å²) in [5.74, 6) is 1.54. The quantitative estimate of drug-likeness (QED) is 0.670. The lowest BCUT2D eigenvalue weighted by atomic mass is 10.0. The molecule has 2 heterocycles. The Labute approximate surface area is 73.7 Å². The highest BCUT2D eigenvalue weighted by Gasteiger charge is 2.15. The first kappa shape index (κ1) is 7.40. The van der Waals surface area contributed by atoms with E-state index in [4.69, 9.17) is 0 Å². The van der Waals surface area contributed by atoms with Crippen LogP contribution in [0.2, 0.25) is 0 Å². The highest BCUT2D eigenvalue weighted by molar-refractivity contribution is 5.73. The van der Waals surface area contributed by atoms with Crippen molar-refractivity contribution in [2.45, 2.75) is 19.8 Å².